The molecule has 2 aromatic rings. The van der Waals surface area contributed by atoms with Crippen molar-refractivity contribution in [1.29, 1.82) is 0 Å². The number of fused-ring (bicyclic) bond motifs is 1. The molecule has 54 heavy (non-hydrogen) atoms. The molecular weight excluding hydrogens is 721 g/mol. The van der Waals surface area contributed by atoms with Gasteiger partial charge in [0.15, 0.2) is 0 Å². The molecule has 15 nitrogen and oxygen atoms in total. The van der Waals surface area contributed by atoms with Crippen molar-refractivity contribution in [3.05, 3.63) is 29.8 Å². The minimum Gasteiger partial charge on any atom is -0.488 e. The van der Waals surface area contributed by atoms with Crippen LogP contribution in [0, 0.1) is 18.8 Å². The molecule has 0 radical (unpaired) electrons. The van der Waals surface area contributed by atoms with E-state index in [0.717, 1.165) is 5.56 Å². The SMILES string of the molecule is CCOc1cc(O[C@@H]2CC(C(=O)N[C@]3(C(=O)OS(=O)(=O)OC4(C)CC4)CC3CC)N(C(=O)[C@@](C)(NC(=O)OC(C)(C)C)C(C)C)C2)c2cccc(C)c2n1. The van der Waals surface area contributed by atoms with Crippen molar-refractivity contribution in [1.82, 2.24) is 20.5 Å². The highest BCUT2D eigenvalue weighted by molar-refractivity contribution is 7.82. The first-order chi connectivity index (χ1) is 25.0. The summed E-state index contributed by atoms with van der Waals surface area (Å²) in [5.74, 6) is -2.54. The van der Waals surface area contributed by atoms with Crippen LogP contribution in [0.4, 0.5) is 4.79 Å². The number of rotatable bonds is 14. The lowest BCUT2D eigenvalue weighted by Gasteiger charge is -2.38. The second-order valence-electron chi connectivity index (χ2n) is 16.4. The highest BCUT2D eigenvalue weighted by atomic mass is 32.3. The number of hydrogen-bond acceptors (Lipinski definition) is 12. The molecule has 1 aliphatic heterocycles. The summed E-state index contributed by atoms with van der Waals surface area (Å²) in [7, 11) is -4.71. The van der Waals surface area contributed by atoms with Gasteiger partial charge >= 0.3 is 22.5 Å². The van der Waals surface area contributed by atoms with Gasteiger partial charge in [0.25, 0.3) is 0 Å². The third-order valence-electron chi connectivity index (χ3n) is 10.5. The van der Waals surface area contributed by atoms with Gasteiger partial charge in [0.2, 0.25) is 17.7 Å². The Morgan fingerprint density at radius 3 is 2.35 bits per heavy atom. The summed E-state index contributed by atoms with van der Waals surface area (Å²) in [6.45, 7) is 17.7. The van der Waals surface area contributed by atoms with Crippen LogP contribution in [0.25, 0.3) is 10.9 Å². The average molecular weight is 775 g/mol. The van der Waals surface area contributed by atoms with Crippen LogP contribution in [-0.2, 0) is 37.9 Å². The first kappa shape index (κ1) is 41.0. The minimum atomic E-state index is -4.71. The van der Waals surface area contributed by atoms with E-state index in [-0.39, 0.29) is 19.4 Å². The van der Waals surface area contributed by atoms with Crippen molar-refractivity contribution in [3.8, 4) is 11.6 Å². The van der Waals surface area contributed by atoms with Crippen molar-refractivity contribution in [3.63, 3.8) is 0 Å². The zero-order valence-electron chi connectivity index (χ0n) is 32.9. The van der Waals surface area contributed by atoms with Crippen molar-refractivity contribution in [2.24, 2.45) is 11.8 Å². The van der Waals surface area contributed by atoms with Gasteiger partial charge in [-0.3, -0.25) is 9.59 Å². The number of nitrogens with one attached hydrogen (secondary N) is 2. The van der Waals surface area contributed by atoms with E-state index in [1.807, 2.05) is 39.0 Å². The van der Waals surface area contributed by atoms with Gasteiger partial charge in [-0.15, -0.1) is 0 Å². The van der Waals surface area contributed by atoms with Gasteiger partial charge < -0.3 is 33.9 Å². The number of benzene rings is 1. The van der Waals surface area contributed by atoms with Crippen LogP contribution in [0.5, 0.6) is 11.6 Å². The Morgan fingerprint density at radius 2 is 1.78 bits per heavy atom. The Kier molecular flexibility index (Phi) is 11.2. The van der Waals surface area contributed by atoms with E-state index in [1.165, 1.54) is 4.90 Å². The summed E-state index contributed by atoms with van der Waals surface area (Å²) in [4.78, 5) is 61.7. The molecule has 1 saturated heterocycles. The van der Waals surface area contributed by atoms with Crippen LogP contribution >= 0.6 is 0 Å². The summed E-state index contributed by atoms with van der Waals surface area (Å²) in [5, 5.41) is 6.22. The first-order valence-electron chi connectivity index (χ1n) is 18.6. The quantitative estimate of drug-likeness (QED) is 0.265. The fraction of sp³-hybridized carbons (Fsp3) is 0.658. The van der Waals surface area contributed by atoms with E-state index >= 15 is 0 Å². The number of pyridine rings is 1. The van der Waals surface area contributed by atoms with Crippen LogP contribution < -0.4 is 20.1 Å². The van der Waals surface area contributed by atoms with Gasteiger partial charge in [0, 0.05) is 17.9 Å². The molecule has 1 aromatic carbocycles. The van der Waals surface area contributed by atoms with Gasteiger partial charge in [0.05, 0.1) is 24.3 Å². The highest BCUT2D eigenvalue weighted by Gasteiger charge is 2.64. The number of amides is 3. The van der Waals surface area contributed by atoms with Gasteiger partial charge in [-0.2, -0.15) is 8.42 Å². The monoisotopic (exact) mass is 774 g/mol. The number of aryl methyl sites for hydroxylation is 1. The average Bonchev–Trinajstić information content (AvgIpc) is 3.92. The molecule has 3 fully saturated rings. The lowest BCUT2D eigenvalue weighted by molar-refractivity contribution is -0.147. The van der Waals surface area contributed by atoms with Crippen LogP contribution in [0.2, 0.25) is 0 Å². The van der Waals surface area contributed by atoms with E-state index in [1.54, 1.807) is 54.5 Å². The van der Waals surface area contributed by atoms with Gasteiger partial charge in [-0.25, -0.2) is 18.8 Å². The number of hydrogen-bond donors (Lipinski definition) is 2. The molecule has 2 heterocycles. The molecule has 5 rings (SSSR count). The third-order valence-corrected chi connectivity index (χ3v) is 11.5. The fourth-order valence-electron chi connectivity index (χ4n) is 6.72. The second kappa shape index (κ2) is 14.8. The van der Waals surface area contributed by atoms with Crippen molar-refractivity contribution >= 4 is 45.2 Å². The molecule has 1 aromatic heterocycles. The fourth-order valence-corrected chi connectivity index (χ4v) is 7.75. The maximum Gasteiger partial charge on any atom is 0.452 e. The van der Waals surface area contributed by atoms with E-state index in [0.29, 0.717) is 48.4 Å². The van der Waals surface area contributed by atoms with Crippen LogP contribution in [0.15, 0.2) is 24.3 Å². The topological polar surface area (TPSA) is 189 Å². The second-order valence-corrected chi connectivity index (χ2v) is 17.5. The number of para-hydroxylation sites is 1. The van der Waals surface area contributed by atoms with Crippen LogP contribution in [0.3, 0.4) is 0 Å². The van der Waals surface area contributed by atoms with Crippen LogP contribution in [0.1, 0.15) is 100.0 Å². The number of aromatic nitrogens is 1. The van der Waals surface area contributed by atoms with Gasteiger partial charge in [-0.05, 0) is 91.2 Å². The number of ether oxygens (including phenoxy) is 3. The maximum absolute atomic E-state index is 14.7. The number of alkyl carbamates (subject to hydrolysis) is 1. The van der Waals surface area contributed by atoms with Crippen molar-refractivity contribution in [2.75, 3.05) is 13.2 Å². The molecule has 0 bridgehead atoms. The van der Waals surface area contributed by atoms with E-state index in [4.69, 9.17) is 22.6 Å². The Bertz CT molecular complexity index is 1910. The van der Waals surface area contributed by atoms with Gasteiger partial charge in [0.1, 0.15) is 34.6 Å². The highest BCUT2D eigenvalue weighted by Crippen LogP contribution is 2.48. The van der Waals surface area contributed by atoms with Gasteiger partial charge in [-0.1, -0.05) is 39.3 Å². The van der Waals surface area contributed by atoms with Crippen LogP contribution in [-0.4, -0.2) is 89.8 Å². The minimum absolute atomic E-state index is 0.000526. The Morgan fingerprint density at radius 1 is 1.09 bits per heavy atom. The summed E-state index contributed by atoms with van der Waals surface area (Å²) in [6.07, 6.45) is 0.0228. The molecule has 3 aliphatic rings. The number of likely N-dealkylation sites (tertiary alicyclic amines) is 1. The normalized spacial score (nSPS) is 24.4. The Labute approximate surface area is 317 Å². The largest absolute Gasteiger partial charge is 0.488 e. The number of carbonyl (C=O) groups is 4. The molecule has 2 aliphatic carbocycles. The predicted octanol–water partition coefficient (Wildman–Crippen LogP) is 4.87. The molecule has 5 atom stereocenters. The summed E-state index contributed by atoms with van der Waals surface area (Å²) < 4.78 is 53.2. The molecular formula is C38H54N4O11S. The zero-order chi connectivity index (χ0) is 40.0. The lowest BCUT2D eigenvalue weighted by Crippen LogP contribution is -2.64. The third kappa shape index (κ3) is 8.85. The number of carbonyl (C=O) groups excluding carboxylic acids is 4. The standard InChI is InChI=1S/C38H54N4O11S/c1-11-24-20-38(24,33(45)52-54(47,48)53-36(9)16-17-36)40-31(43)27-18-25(50-28-19-29(49-12-2)39-30-23(5)14-13-15-26(28)30)21-42(27)32(44)37(10,22(3)4)41-34(46)51-35(6,7)8/h13-15,19,22,24-25,27H,11-12,16-18,20-21H2,1-10H3,(H,40,43)(H,41,46)/t24?,25-,27?,37+,38-/m1/s1. The first-order valence-corrected chi connectivity index (χ1v) is 19.9. The maximum atomic E-state index is 14.7. The predicted molar refractivity (Wildman–Crippen MR) is 198 cm³/mol. The molecule has 2 N–H and O–H groups in total. The smallest absolute Gasteiger partial charge is 0.452 e. The Hall–Kier alpha value is -4.18. The Balaban J connectivity index is 1.47. The van der Waals surface area contributed by atoms with Crippen molar-refractivity contribution < 1.29 is 50.2 Å². The molecule has 2 unspecified atom stereocenters. The van der Waals surface area contributed by atoms with E-state index in [2.05, 4.69) is 15.6 Å². The zero-order valence-corrected chi connectivity index (χ0v) is 33.7. The molecule has 298 valence electrons. The molecule has 3 amide bonds. The molecule has 16 heteroatoms. The molecule has 0 spiro atoms. The summed E-state index contributed by atoms with van der Waals surface area (Å²) >= 11 is 0. The van der Waals surface area contributed by atoms with Crippen molar-refractivity contribution in [2.45, 2.75) is 136 Å². The number of nitrogens with zero attached hydrogens (tertiary/aromatic N) is 2. The lowest BCUT2D eigenvalue weighted by atomic mass is 9.86. The summed E-state index contributed by atoms with van der Waals surface area (Å²) in [5.41, 5.74) is -3.40. The van der Waals surface area contributed by atoms with E-state index < -0.39 is 80.5 Å². The van der Waals surface area contributed by atoms with E-state index in [9.17, 15) is 27.6 Å². The summed E-state index contributed by atoms with van der Waals surface area (Å²) in [6, 6.07) is 6.12. The molecule has 2 saturated carbocycles.